The summed E-state index contributed by atoms with van der Waals surface area (Å²) in [6.45, 7) is 3.19. The highest BCUT2D eigenvalue weighted by Gasteiger charge is 2.14. The van der Waals surface area contributed by atoms with Crippen LogP contribution in [0.15, 0.2) is 24.4 Å². The van der Waals surface area contributed by atoms with Crippen LogP contribution in [0.4, 0.5) is 17.2 Å². The third-order valence-corrected chi connectivity index (χ3v) is 4.05. The van der Waals surface area contributed by atoms with Gasteiger partial charge < -0.3 is 14.4 Å². The Morgan fingerprint density at radius 3 is 2.75 bits per heavy atom. The van der Waals surface area contributed by atoms with Crippen molar-refractivity contribution in [2.24, 2.45) is 0 Å². The van der Waals surface area contributed by atoms with Crippen molar-refractivity contribution in [2.75, 3.05) is 49.2 Å². The van der Waals surface area contributed by atoms with Crippen molar-refractivity contribution in [1.29, 1.82) is 0 Å². The number of benzene rings is 1. The van der Waals surface area contributed by atoms with Crippen LogP contribution in [0.5, 0.6) is 5.75 Å². The van der Waals surface area contributed by atoms with E-state index in [-0.39, 0.29) is 5.28 Å². The third kappa shape index (κ3) is 3.92. The van der Waals surface area contributed by atoms with Crippen molar-refractivity contribution in [1.82, 2.24) is 9.97 Å². The van der Waals surface area contributed by atoms with Gasteiger partial charge >= 0.3 is 0 Å². The monoisotopic (exact) mass is 369 g/mol. The quantitative estimate of drug-likeness (QED) is 0.619. The number of nitrogens with one attached hydrogen (secondary N) is 2. The second-order valence-corrected chi connectivity index (χ2v) is 5.81. The molecule has 9 heteroatoms. The van der Waals surface area contributed by atoms with Gasteiger partial charge in [0, 0.05) is 24.8 Å². The van der Waals surface area contributed by atoms with Gasteiger partial charge in [-0.2, -0.15) is 4.98 Å². The third-order valence-electron chi connectivity index (χ3n) is 3.59. The number of anilines is 3. The molecule has 1 aliphatic heterocycles. The van der Waals surface area contributed by atoms with E-state index in [0.717, 1.165) is 37.7 Å². The summed E-state index contributed by atoms with van der Waals surface area (Å²) in [5, 5.41) is 0.467. The fourth-order valence-electron chi connectivity index (χ4n) is 2.36. The lowest BCUT2D eigenvalue weighted by molar-refractivity contribution is 0.122. The van der Waals surface area contributed by atoms with Gasteiger partial charge in [-0.3, -0.25) is 10.9 Å². The highest BCUT2D eigenvalue weighted by Crippen LogP contribution is 2.30. The average molecular weight is 370 g/mol. The molecule has 0 saturated carbocycles. The fourth-order valence-corrected chi connectivity index (χ4v) is 2.63. The van der Waals surface area contributed by atoms with Crippen molar-refractivity contribution in [2.45, 2.75) is 0 Å². The van der Waals surface area contributed by atoms with Crippen LogP contribution >= 0.6 is 23.2 Å². The molecule has 0 radical (unpaired) electrons. The molecule has 1 aromatic heterocycles. The summed E-state index contributed by atoms with van der Waals surface area (Å²) in [4.78, 5) is 10.1. The predicted octanol–water partition coefficient (Wildman–Crippen LogP) is 3.07. The molecule has 0 unspecified atom stereocenters. The first-order chi connectivity index (χ1) is 11.7. The van der Waals surface area contributed by atoms with E-state index in [1.165, 1.54) is 6.20 Å². The normalized spacial score (nSPS) is 14.4. The zero-order chi connectivity index (χ0) is 16.9. The van der Waals surface area contributed by atoms with E-state index < -0.39 is 0 Å². The number of hydrogen-bond donors (Lipinski definition) is 2. The van der Waals surface area contributed by atoms with Crippen LogP contribution < -0.4 is 20.5 Å². The first kappa shape index (κ1) is 16.9. The number of ether oxygens (including phenoxy) is 2. The second kappa shape index (κ2) is 7.74. The van der Waals surface area contributed by atoms with Gasteiger partial charge in [-0.05, 0) is 23.7 Å². The highest BCUT2D eigenvalue weighted by atomic mass is 35.5. The van der Waals surface area contributed by atoms with E-state index in [4.69, 9.17) is 32.7 Å². The second-order valence-electron chi connectivity index (χ2n) is 5.07. The predicted molar refractivity (Wildman–Crippen MR) is 95.3 cm³/mol. The van der Waals surface area contributed by atoms with Gasteiger partial charge in [-0.25, -0.2) is 4.98 Å². The summed E-state index contributed by atoms with van der Waals surface area (Å²) >= 11 is 11.8. The first-order valence-electron chi connectivity index (χ1n) is 7.38. The number of hydrogen-bond acceptors (Lipinski definition) is 7. The molecule has 128 valence electrons. The van der Waals surface area contributed by atoms with Gasteiger partial charge in [0.05, 0.1) is 32.2 Å². The molecule has 0 atom stereocenters. The Morgan fingerprint density at radius 2 is 2.00 bits per heavy atom. The molecule has 3 rings (SSSR count). The van der Waals surface area contributed by atoms with Gasteiger partial charge in [0.15, 0.2) is 5.82 Å². The molecule has 1 aromatic carbocycles. The smallest absolute Gasteiger partial charge is 0.224 e. The molecule has 0 bridgehead atoms. The van der Waals surface area contributed by atoms with Gasteiger partial charge in [-0.1, -0.05) is 11.6 Å². The van der Waals surface area contributed by atoms with E-state index in [1.54, 1.807) is 7.11 Å². The Hall–Kier alpha value is -1.96. The zero-order valence-corrected chi connectivity index (χ0v) is 14.6. The molecule has 1 aliphatic rings. The number of hydrazine groups is 1. The summed E-state index contributed by atoms with van der Waals surface area (Å²) in [6, 6.07) is 5.92. The van der Waals surface area contributed by atoms with Crippen molar-refractivity contribution >= 4 is 40.4 Å². The Labute approximate surface area is 149 Å². The number of nitrogens with zero attached hydrogens (tertiary/aromatic N) is 3. The molecular formula is C15H17Cl2N5O2. The van der Waals surface area contributed by atoms with Crippen molar-refractivity contribution in [3.05, 3.63) is 34.7 Å². The van der Waals surface area contributed by atoms with Gasteiger partial charge in [-0.15, -0.1) is 0 Å². The summed E-state index contributed by atoms with van der Waals surface area (Å²) in [5.41, 5.74) is 7.78. The van der Waals surface area contributed by atoms with Crippen LogP contribution in [-0.4, -0.2) is 43.4 Å². The maximum Gasteiger partial charge on any atom is 0.224 e. The molecule has 2 heterocycles. The van der Waals surface area contributed by atoms with Crippen molar-refractivity contribution in [3.63, 3.8) is 0 Å². The molecule has 1 saturated heterocycles. The number of halogens is 2. The Balaban J connectivity index is 1.74. The Bertz CT molecular complexity index is 710. The maximum absolute atomic E-state index is 6.03. The van der Waals surface area contributed by atoms with Crippen LogP contribution in [0.2, 0.25) is 10.3 Å². The topological polar surface area (TPSA) is 71.5 Å². The SMILES string of the molecule is COc1cc(N2CCOCC2)ccc1NNc1nc(Cl)ncc1Cl. The minimum atomic E-state index is 0.110. The fraction of sp³-hybridized carbons (Fsp3) is 0.333. The van der Waals surface area contributed by atoms with Crippen LogP contribution in [0, 0.1) is 0 Å². The lowest BCUT2D eigenvalue weighted by atomic mass is 10.2. The van der Waals surface area contributed by atoms with E-state index >= 15 is 0 Å². The molecule has 24 heavy (non-hydrogen) atoms. The zero-order valence-electron chi connectivity index (χ0n) is 13.1. The summed E-state index contributed by atoms with van der Waals surface area (Å²) in [7, 11) is 1.62. The van der Waals surface area contributed by atoms with Crippen LogP contribution in [0.25, 0.3) is 0 Å². The van der Waals surface area contributed by atoms with E-state index in [9.17, 15) is 0 Å². The number of rotatable bonds is 5. The molecule has 2 aromatic rings. The summed E-state index contributed by atoms with van der Waals surface area (Å²) in [6.07, 6.45) is 1.43. The van der Waals surface area contributed by atoms with E-state index in [0.29, 0.717) is 16.6 Å². The molecule has 1 fully saturated rings. The van der Waals surface area contributed by atoms with Crippen LogP contribution in [0.1, 0.15) is 0 Å². The van der Waals surface area contributed by atoms with Gasteiger partial charge in [0.2, 0.25) is 5.28 Å². The molecule has 0 amide bonds. The van der Waals surface area contributed by atoms with Gasteiger partial charge in [0.1, 0.15) is 10.8 Å². The highest BCUT2D eigenvalue weighted by molar-refractivity contribution is 6.33. The van der Waals surface area contributed by atoms with Gasteiger partial charge in [0.25, 0.3) is 0 Å². The molecular weight excluding hydrogens is 353 g/mol. The van der Waals surface area contributed by atoms with Crippen molar-refractivity contribution in [3.8, 4) is 5.75 Å². The van der Waals surface area contributed by atoms with Crippen LogP contribution in [0.3, 0.4) is 0 Å². The lowest BCUT2D eigenvalue weighted by Crippen LogP contribution is -2.36. The number of aromatic nitrogens is 2. The molecule has 0 spiro atoms. The standard InChI is InChI=1S/C15H17Cl2N5O2/c1-23-13-8-10(22-4-6-24-7-5-22)2-3-12(13)20-21-14-11(16)9-18-15(17)19-14/h2-3,8-9,20H,4-7H2,1H3,(H,18,19,21). The summed E-state index contributed by atoms with van der Waals surface area (Å²) in [5.74, 6) is 1.08. The molecule has 0 aliphatic carbocycles. The number of methoxy groups -OCH3 is 1. The van der Waals surface area contributed by atoms with Crippen molar-refractivity contribution < 1.29 is 9.47 Å². The molecule has 2 N–H and O–H groups in total. The Morgan fingerprint density at radius 1 is 1.21 bits per heavy atom. The van der Waals surface area contributed by atoms with E-state index in [2.05, 4.69) is 25.7 Å². The maximum atomic E-state index is 6.03. The Kier molecular flexibility index (Phi) is 5.44. The minimum Gasteiger partial charge on any atom is -0.494 e. The largest absolute Gasteiger partial charge is 0.494 e. The minimum absolute atomic E-state index is 0.110. The molecule has 7 nitrogen and oxygen atoms in total. The average Bonchev–Trinajstić information content (AvgIpc) is 2.63. The van der Waals surface area contributed by atoms with Crippen LogP contribution in [-0.2, 0) is 4.74 Å². The number of morpholine rings is 1. The first-order valence-corrected chi connectivity index (χ1v) is 8.14. The van der Waals surface area contributed by atoms with E-state index in [1.807, 2.05) is 18.2 Å². The summed E-state index contributed by atoms with van der Waals surface area (Å²) < 4.78 is 10.8. The lowest BCUT2D eigenvalue weighted by Gasteiger charge is -2.29.